The van der Waals surface area contributed by atoms with Crippen molar-refractivity contribution in [3.05, 3.63) is 71.7 Å². The van der Waals surface area contributed by atoms with Crippen LogP contribution in [0.3, 0.4) is 0 Å². The first-order valence-electron chi connectivity index (χ1n) is 13.3. The third-order valence-corrected chi connectivity index (χ3v) is 8.86. The number of nitrogens with zero attached hydrogens (tertiary/aromatic N) is 4. The van der Waals surface area contributed by atoms with Crippen molar-refractivity contribution >= 4 is 27.6 Å². The summed E-state index contributed by atoms with van der Waals surface area (Å²) in [7, 11) is -4.24. The number of amides is 1. The first-order valence-corrected chi connectivity index (χ1v) is 14.8. The first kappa shape index (κ1) is 27.1. The summed E-state index contributed by atoms with van der Waals surface area (Å²) in [5, 5.41) is 3.20. The highest BCUT2D eigenvalue weighted by atomic mass is 32.2. The van der Waals surface area contributed by atoms with Crippen molar-refractivity contribution in [3.8, 4) is 0 Å². The second-order valence-electron chi connectivity index (χ2n) is 12.2. The number of carbonyl (C=O) groups is 1. The summed E-state index contributed by atoms with van der Waals surface area (Å²) in [6.45, 7) is 11.3. The smallest absolute Gasteiger partial charge is 0.281 e. The highest BCUT2D eigenvalue weighted by Crippen LogP contribution is 2.41. The predicted octanol–water partition coefficient (Wildman–Crippen LogP) is 4.84. The second-order valence-corrected chi connectivity index (χ2v) is 13.8. The van der Waals surface area contributed by atoms with Crippen LogP contribution in [0.5, 0.6) is 0 Å². The third kappa shape index (κ3) is 5.61. The Kier molecular flexibility index (Phi) is 6.86. The number of hydrogen-bond acceptors (Lipinski definition) is 8. The van der Waals surface area contributed by atoms with Crippen LogP contribution in [0.25, 0.3) is 0 Å². The highest BCUT2D eigenvalue weighted by molar-refractivity contribution is 7.90. The van der Waals surface area contributed by atoms with Gasteiger partial charge in [-0.05, 0) is 81.0 Å². The lowest BCUT2D eigenvalue weighted by atomic mass is 9.90. The molecule has 2 atom stereocenters. The molecule has 3 aromatic rings. The zero-order chi connectivity index (χ0) is 28.0. The minimum absolute atomic E-state index is 0.0896. The molecule has 0 aliphatic carbocycles. The normalized spacial score (nSPS) is 22.6. The number of aromatic nitrogens is 3. The topological polar surface area (TPSA) is 117 Å². The van der Waals surface area contributed by atoms with Crippen molar-refractivity contribution in [2.24, 2.45) is 5.92 Å². The average Bonchev–Trinajstić information content (AvgIpc) is 3.19. The van der Waals surface area contributed by atoms with E-state index in [4.69, 9.17) is 4.98 Å². The maximum atomic E-state index is 13.5. The summed E-state index contributed by atoms with van der Waals surface area (Å²) in [5.74, 6) is 0.576. The Bertz CT molecular complexity index is 1480. The molecule has 39 heavy (non-hydrogen) atoms. The van der Waals surface area contributed by atoms with Crippen molar-refractivity contribution in [1.29, 1.82) is 0 Å². The van der Waals surface area contributed by atoms with Gasteiger partial charge in [0.25, 0.3) is 15.9 Å². The van der Waals surface area contributed by atoms with Gasteiger partial charge in [0.05, 0.1) is 11.6 Å². The Morgan fingerprint density at radius 3 is 2.46 bits per heavy atom. The molecule has 5 heterocycles. The zero-order valence-electron chi connectivity index (χ0n) is 23.1. The molecule has 0 unspecified atom stereocenters. The van der Waals surface area contributed by atoms with E-state index in [0.717, 1.165) is 37.1 Å². The average molecular weight is 549 g/mol. The first-order chi connectivity index (χ1) is 18.3. The van der Waals surface area contributed by atoms with E-state index >= 15 is 0 Å². The molecule has 2 aliphatic heterocycles. The monoisotopic (exact) mass is 548 g/mol. The van der Waals surface area contributed by atoms with Gasteiger partial charge >= 0.3 is 0 Å². The molecule has 4 bridgehead atoms. The molecule has 1 amide bonds. The van der Waals surface area contributed by atoms with Crippen LogP contribution in [0.4, 0.5) is 11.6 Å². The van der Waals surface area contributed by atoms with Crippen LogP contribution < -0.4 is 14.9 Å². The fourth-order valence-electron chi connectivity index (χ4n) is 5.58. The van der Waals surface area contributed by atoms with E-state index in [2.05, 4.69) is 59.5 Å². The Morgan fingerprint density at radius 1 is 1.00 bits per heavy atom. The minimum atomic E-state index is -4.24. The minimum Gasteiger partial charge on any atom is -0.363 e. The van der Waals surface area contributed by atoms with Crippen LogP contribution in [0.2, 0.25) is 0 Å². The lowest BCUT2D eigenvalue weighted by Crippen LogP contribution is -2.41. The van der Waals surface area contributed by atoms with E-state index in [1.807, 2.05) is 18.2 Å². The van der Waals surface area contributed by atoms with Gasteiger partial charge < -0.3 is 10.2 Å². The highest BCUT2D eigenvalue weighted by Gasteiger charge is 2.41. The molecular formula is C29H36N6O3S. The molecule has 1 fully saturated rings. The summed E-state index contributed by atoms with van der Waals surface area (Å²) in [4.78, 5) is 29.2. The molecule has 206 valence electrons. The van der Waals surface area contributed by atoms with E-state index in [1.54, 1.807) is 30.6 Å². The van der Waals surface area contributed by atoms with Crippen molar-refractivity contribution < 1.29 is 13.2 Å². The number of sulfonamides is 1. The SMILES string of the molecule is CC(C)(C)c1ccc2c(n1)N1C[C@@H](CC[C@@H](c3ccncc3)Nc3cccc(n3)S(=O)(=O)NC2=O)CC1(C)C. The Morgan fingerprint density at radius 2 is 1.74 bits per heavy atom. The van der Waals surface area contributed by atoms with E-state index in [-0.39, 0.29) is 27.6 Å². The van der Waals surface area contributed by atoms with Gasteiger partial charge in [-0.25, -0.2) is 14.7 Å². The molecule has 10 heteroatoms. The number of anilines is 2. The molecule has 0 aromatic carbocycles. The van der Waals surface area contributed by atoms with Crippen LogP contribution in [-0.2, 0) is 15.4 Å². The van der Waals surface area contributed by atoms with Crippen molar-refractivity contribution in [1.82, 2.24) is 19.7 Å². The lowest BCUT2D eigenvalue weighted by Gasteiger charge is -2.34. The van der Waals surface area contributed by atoms with Crippen molar-refractivity contribution in [3.63, 3.8) is 0 Å². The fraction of sp³-hybridized carbons (Fsp3) is 0.448. The van der Waals surface area contributed by atoms with Crippen molar-refractivity contribution in [2.75, 3.05) is 16.8 Å². The van der Waals surface area contributed by atoms with Crippen molar-refractivity contribution in [2.45, 2.75) is 75.9 Å². The number of rotatable bonds is 1. The molecular weight excluding hydrogens is 512 g/mol. The molecule has 2 N–H and O–H groups in total. The number of carbonyl (C=O) groups excluding carboxylic acids is 1. The number of nitrogens with one attached hydrogen (secondary N) is 2. The van der Waals surface area contributed by atoms with E-state index in [1.165, 1.54) is 6.07 Å². The van der Waals surface area contributed by atoms with Gasteiger partial charge in [-0.2, -0.15) is 8.42 Å². The quantitative estimate of drug-likeness (QED) is 0.444. The lowest BCUT2D eigenvalue weighted by molar-refractivity contribution is 0.0981. The summed E-state index contributed by atoms with van der Waals surface area (Å²) in [6.07, 6.45) is 6.18. The van der Waals surface area contributed by atoms with E-state index in [9.17, 15) is 13.2 Å². The molecule has 0 radical (unpaired) electrons. The van der Waals surface area contributed by atoms with Crippen LogP contribution >= 0.6 is 0 Å². The molecule has 1 saturated heterocycles. The molecule has 0 saturated carbocycles. The van der Waals surface area contributed by atoms with Gasteiger partial charge in [0.15, 0.2) is 5.03 Å². The van der Waals surface area contributed by atoms with Crippen LogP contribution in [-0.4, -0.2) is 41.4 Å². The van der Waals surface area contributed by atoms with Gasteiger partial charge in [0, 0.05) is 35.6 Å². The summed E-state index contributed by atoms with van der Waals surface area (Å²) in [5.41, 5.74) is 1.61. The Balaban J connectivity index is 1.63. The molecule has 0 spiro atoms. The van der Waals surface area contributed by atoms with Crippen LogP contribution in [0.1, 0.15) is 81.5 Å². The molecule has 5 rings (SSSR count). The number of pyridine rings is 3. The second kappa shape index (κ2) is 9.89. The maximum absolute atomic E-state index is 13.5. The number of hydrogen-bond donors (Lipinski definition) is 2. The third-order valence-electron chi connectivity index (χ3n) is 7.62. The molecule has 9 nitrogen and oxygen atoms in total. The summed E-state index contributed by atoms with van der Waals surface area (Å²) < 4.78 is 28.9. The Labute approximate surface area is 230 Å². The standard InChI is InChI=1S/C29H36N6O3S/c1-28(2,3)23-12-10-21-26(32-23)35-18-19(17-29(35,4)5)9-11-22(20-13-15-30-16-14-20)31-24-7-6-8-25(33-24)39(37,38)34-27(21)36/h6-8,10,12-16,19,22H,9,11,17-18H2,1-5H3,(H,31,33)(H,34,36)/t19-,22-/m0/s1. The maximum Gasteiger partial charge on any atom is 0.281 e. The van der Waals surface area contributed by atoms with Gasteiger partial charge in [0.1, 0.15) is 11.6 Å². The summed E-state index contributed by atoms with van der Waals surface area (Å²) >= 11 is 0. The van der Waals surface area contributed by atoms with Gasteiger partial charge in [-0.3, -0.25) is 9.78 Å². The predicted molar refractivity (Wildman–Crippen MR) is 151 cm³/mol. The molecule has 3 aromatic heterocycles. The number of fused-ring (bicyclic) bond motifs is 6. The van der Waals surface area contributed by atoms with Gasteiger partial charge in [-0.1, -0.05) is 26.8 Å². The van der Waals surface area contributed by atoms with Gasteiger partial charge in [0.2, 0.25) is 0 Å². The van der Waals surface area contributed by atoms with Crippen LogP contribution in [0, 0.1) is 5.92 Å². The van der Waals surface area contributed by atoms with Gasteiger partial charge in [-0.15, -0.1) is 0 Å². The van der Waals surface area contributed by atoms with Crippen LogP contribution in [0.15, 0.2) is 59.9 Å². The zero-order valence-corrected chi connectivity index (χ0v) is 23.9. The summed E-state index contributed by atoms with van der Waals surface area (Å²) in [6, 6.07) is 12.1. The van der Waals surface area contributed by atoms with E-state index in [0.29, 0.717) is 17.6 Å². The Hall–Kier alpha value is -3.53. The largest absolute Gasteiger partial charge is 0.363 e. The van der Waals surface area contributed by atoms with E-state index < -0.39 is 15.9 Å². The fourth-order valence-corrected chi connectivity index (χ4v) is 6.51. The molecule has 2 aliphatic rings.